The van der Waals surface area contributed by atoms with E-state index >= 15 is 0 Å². The number of carbonyl (C=O) groups excluding carboxylic acids is 1. The second-order valence-corrected chi connectivity index (χ2v) is 10.2. The van der Waals surface area contributed by atoms with Crippen molar-refractivity contribution in [3.8, 4) is 0 Å². The van der Waals surface area contributed by atoms with E-state index in [2.05, 4.69) is 15.0 Å². The molecule has 3 rings (SSSR count). The number of unbranched alkanes of at least 4 members (excludes halogenated alkanes) is 1. The van der Waals surface area contributed by atoms with Crippen molar-refractivity contribution in [1.29, 1.82) is 0 Å². The third kappa shape index (κ3) is 6.38. The average molecular weight is 458 g/mol. The van der Waals surface area contributed by atoms with Crippen LogP contribution >= 0.6 is 11.3 Å². The monoisotopic (exact) mass is 457 g/mol. The zero-order valence-electron chi connectivity index (χ0n) is 17.9. The van der Waals surface area contributed by atoms with Crippen molar-refractivity contribution in [1.82, 2.24) is 10.3 Å². The van der Waals surface area contributed by atoms with E-state index in [0.29, 0.717) is 17.8 Å². The Morgan fingerprint density at radius 3 is 2.58 bits per heavy atom. The molecule has 0 radical (unpaired) electrons. The summed E-state index contributed by atoms with van der Waals surface area (Å²) >= 11 is 1.66. The fourth-order valence-corrected chi connectivity index (χ4v) is 5.04. The first-order valence-corrected chi connectivity index (χ1v) is 12.5. The van der Waals surface area contributed by atoms with E-state index in [9.17, 15) is 13.2 Å². The number of aromatic nitrogens is 1. The molecular weight excluding hydrogens is 430 g/mol. The zero-order chi connectivity index (χ0) is 22.4. The first-order valence-electron chi connectivity index (χ1n) is 10.1. The van der Waals surface area contributed by atoms with E-state index in [4.69, 9.17) is 0 Å². The lowest BCUT2D eigenvalue weighted by molar-refractivity contribution is 0.0952. The minimum Gasteiger partial charge on any atom is -0.352 e. The number of thiazole rings is 1. The van der Waals surface area contributed by atoms with Gasteiger partial charge in [0.1, 0.15) is 0 Å². The Labute approximate surface area is 187 Å². The maximum atomic E-state index is 12.8. The molecule has 0 fully saturated rings. The lowest BCUT2D eigenvalue weighted by atomic mass is 10.1. The molecule has 8 heteroatoms. The molecule has 164 valence electrons. The van der Waals surface area contributed by atoms with Gasteiger partial charge in [0, 0.05) is 28.9 Å². The quantitative estimate of drug-likeness (QED) is 0.459. The predicted octanol–water partition coefficient (Wildman–Crippen LogP) is 4.62. The Bertz CT molecular complexity index is 1170. The van der Waals surface area contributed by atoms with Crippen LogP contribution in [-0.4, -0.2) is 25.9 Å². The molecule has 0 spiro atoms. The molecule has 0 bridgehead atoms. The summed E-state index contributed by atoms with van der Waals surface area (Å²) in [6.07, 6.45) is 2.66. The van der Waals surface area contributed by atoms with E-state index in [1.165, 1.54) is 12.1 Å². The fourth-order valence-electron chi connectivity index (χ4n) is 3.15. The largest absolute Gasteiger partial charge is 0.352 e. The van der Waals surface area contributed by atoms with Crippen LogP contribution < -0.4 is 10.0 Å². The molecule has 0 atom stereocenters. The number of anilines is 1. The molecule has 2 N–H and O–H groups in total. The van der Waals surface area contributed by atoms with E-state index in [-0.39, 0.29) is 10.8 Å². The number of nitrogens with zero attached hydrogens (tertiary/aromatic N) is 1. The van der Waals surface area contributed by atoms with Gasteiger partial charge in [-0.15, -0.1) is 11.3 Å². The number of sulfonamides is 1. The first kappa shape index (κ1) is 23.0. The molecule has 0 aliphatic rings. The van der Waals surface area contributed by atoms with Crippen molar-refractivity contribution < 1.29 is 13.2 Å². The van der Waals surface area contributed by atoms with E-state index in [0.717, 1.165) is 41.1 Å². The molecule has 2 aromatic carbocycles. The van der Waals surface area contributed by atoms with Gasteiger partial charge in [0.25, 0.3) is 15.9 Å². The van der Waals surface area contributed by atoms with Gasteiger partial charge in [0.15, 0.2) is 0 Å². The highest BCUT2D eigenvalue weighted by Gasteiger charge is 2.18. The normalized spacial score (nSPS) is 11.3. The SMILES string of the molecule is Cc1cccc(NS(=O)(=O)c2ccc(C)c(C(=O)NCCCCc3nc(C)cs3)c2)c1. The van der Waals surface area contributed by atoms with Gasteiger partial charge in [0.05, 0.1) is 9.90 Å². The molecule has 0 aliphatic carbocycles. The Balaban J connectivity index is 1.60. The van der Waals surface area contributed by atoms with Gasteiger partial charge in [-0.3, -0.25) is 9.52 Å². The Hall–Kier alpha value is -2.71. The topological polar surface area (TPSA) is 88.2 Å². The summed E-state index contributed by atoms with van der Waals surface area (Å²) < 4.78 is 28.1. The molecule has 3 aromatic rings. The molecule has 6 nitrogen and oxygen atoms in total. The highest BCUT2D eigenvalue weighted by atomic mass is 32.2. The average Bonchev–Trinajstić information content (AvgIpc) is 3.12. The van der Waals surface area contributed by atoms with Gasteiger partial charge < -0.3 is 5.32 Å². The van der Waals surface area contributed by atoms with Crippen LogP contribution in [0.2, 0.25) is 0 Å². The van der Waals surface area contributed by atoms with Crippen LogP contribution in [-0.2, 0) is 16.4 Å². The van der Waals surface area contributed by atoms with Gasteiger partial charge in [0.2, 0.25) is 0 Å². The molecule has 31 heavy (non-hydrogen) atoms. The molecule has 1 amide bonds. The van der Waals surface area contributed by atoms with Gasteiger partial charge >= 0.3 is 0 Å². The van der Waals surface area contributed by atoms with Crippen LogP contribution in [0.3, 0.4) is 0 Å². The smallest absolute Gasteiger partial charge is 0.261 e. The highest BCUT2D eigenvalue weighted by molar-refractivity contribution is 7.92. The lowest BCUT2D eigenvalue weighted by Gasteiger charge is -2.12. The third-order valence-corrected chi connectivity index (χ3v) is 7.21. The van der Waals surface area contributed by atoms with Gasteiger partial charge in [-0.2, -0.15) is 0 Å². The van der Waals surface area contributed by atoms with Crippen LogP contribution in [0.25, 0.3) is 0 Å². The maximum absolute atomic E-state index is 12.8. The van der Waals surface area contributed by atoms with Crippen molar-refractivity contribution >= 4 is 33.0 Å². The molecule has 1 heterocycles. The second kappa shape index (κ2) is 10.1. The summed E-state index contributed by atoms with van der Waals surface area (Å²) in [6, 6.07) is 11.7. The lowest BCUT2D eigenvalue weighted by Crippen LogP contribution is -2.25. The molecule has 0 saturated carbocycles. The number of benzene rings is 2. The minimum absolute atomic E-state index is 0.0592. The van der Waals surface area contributed by atoms with Crippen LogP contribution in [0.15, 0.2) is 52.7 Å². The number of carbonyl (C=O) groups is 1. The summed E-state index contributed by atoms with van der Waals surface area (Å²) in [6.45, 7) is 6.20. The summed E-state index contributed by atoms with van der Waals surface area (Å²) in [5.41, 5.74) is 3.57. The fraction of sp³-hybridized carbons (Fsp3) is 0.304. The predicted molar refractivity (Wildman–Crippen MR) is 125 cm³/mol. The first-order chi connectivity index (χ1) is 14.7. The van der Waals surface area contributed by atoms with E-state index in [1.54, 1.807) is 42.5 Å². The van der Waals surface area contributed by atoms with Gasteiger partial charge in [-0.1, -0.05) is 18.2 Å². The standard InChI is InChI=1S/C23H27N3O3S2/c1-16-7-6-8-19(13-16)26-31(28,29)20-11-10-17(2)21(14-20)23(27)24-12-5-4-9-22-25-18(3)15-30-22/h6-8,10-11,13-15,26H,4-5,9,12H2,1-3H3,(H,24,27). The summed E-state index contributed by atoms with van der Waals surface area (Å²) in [5.74, 6) is -0.268. The Kier molecular flexibility index (Phi) is 7.46. The van der Waals surface area contributed by atoms with E-state index < -0.39 is 10.0 Å². The summed E-state index contributed by atoms with van der Waals surface area (Å²) in [4.78, 5) is 17.1. The molecule has 0 aliphatic heterocycles. The number of nitrogens with one attached hydrogen (secondary N) is 2. The second-order valence-electron chi connectivity index (χ2n) is 7.55. The van der Waals surface area contributed by atoms with Gasteiger partial charge in [-0.25, -0.2) is 13.4 Å². The third-order valence-electron chi connectivity index (χ3n) is 4.80. The van der Waals surface area contributed by atoms with Gasteiger partial charge in [-0.05, 0) is 75.4 Å². The highest BCUT2D eigenvalue weighted by Crippen LogP contribution is 2.20. The Morgan fingerprint density at radius 2 is 1.87 bits per heavy atom. The number of hydrogen-bond acceptors (Lipinski definition) is 5. The van der Waals surface area contributed by atoms with Crippen LogP contribution in [0.5, 0.6) is 0 Å². The van der Waals surface area contributed by atoms with Crippen molar-refractivity contribution in [3.63, 3.8) is 0 Å². The van der Waals surface area contributed by atoms with Crippen LogP contribution in [0.1, 0.15) is 45.0 Å². The zero-order valence-corrected chi connectivity index (χ0v) is 19.6. The van der Waals surface area contributed by atoms with E-state index in [1.807, 2.05) is 25.3 Å². The number of aryl methyl sites for hydroxylation is 4. The maximum Gasteiger partial charge on any atom is 0.261 e. The number of rotatable bonds is 9. The molecular formula is C23H27N3O3S2. The number of hydrogen-bond donors (Lipinski definition) is 2. The minimum atomic E-state index is -3.80. The molecule has 0 saturated heterocycles. The van der Waals surface area contributed by atoms with Crippen molar-refractivity contribution in [3.05, 3.63) is 75.2 Å². The summed E-state index contributed by atoms with van der Waals surface area (Å²) in [5, 5.41) is 6.04. The van der Waals surface area contributed by atoms with Crippen molar-refractivity contribution in [2.45, 2.75) is 44.9 Å². The molecule has 0 unspecified atom stereocenters. The van der Waals surface area contributed by atoms with Crippen molar-refractivity contribution in [2.24, 2.45) is 0 Å². The van der Waals surface area contributed by atoms with Crippen LogP contribution in [0, 0.1) is 20.8 Å². The summed E-state index contributed by atoms with van der Waals surface area (Å²) in [7, 11) is -3.80. The van der Waals surface area contributed by atoms with Crippen LogP contribution in [0.4, 0.5) is 5.69 Å². The molecule has 1 aromatic heterocycles. The number of amides is 1. The van der Waals surface area contributed by atoms with Crippen molar-refractivity contribution in [2.75, 3.05) is 11.3 Å². The Morgan fingerprint density at radius 1 is 1.06 bits per heavy atom.